The molecule has 5 N–H and O–H groups in total. The second-order valence-corrected chi connectivity index (χ2v) is 10.3. The molecule has 12 nitrogen and oxygen atoms in total. The van der Waals surface area contributed by atoms with Crippen molar-refractivity contribution in [2.24, 2.45) is 11.7 Å². The highest BCUT2D eigenvalue weighted by atomic mass is 16.7. The molecule has 1 aromatic heterocycles. The fraction of sp³-hybridized carbons (Fsp3) is 0.571. The average Bonchev–Trinajstić information content (AvgIpc) is 3.64. The summed E-state index contributed by atoms with van der Waals surface area (Å²) in [6, 6.07) is 5.77. The normalized spacial score (nSPS) is 20.1. The number of amides is 1. The molecule has 4 rings (SSSR count). The van der Waals surface area contributed by atoms with Gasteiger partial charge in [0.05, 0.1) is 19.6 Å². The van der Waals surface area contributed by atoms with Gasteiger partial charge in [-0.15, -0.1) is 0 Å². The largest absolute Gasteiger partial charge is 0.494 e. The topological polar surface area (TPSA) is 160 Å². The number of hydrogen-bond donors (Lipinski definition) is 4. The second-order valence-electron chi connectivity index (χ2n) is 10.3. The number of benzene rings is 1. The Bertz CT molecular complexity index is 1160. The number of nitrogens with zero attached hydrogens (tertiary/aromatic N) is 3. The van der Waals surface area contributed by atoms with E-state index in [-0.39, 0.29) is 44.0 Å². The van der Waals surface area contributed by atoms with E-state index in [1.807, 2.05) is 9.80 Å². The maximum Gasteiger partial charge on any atom is 0.308 e. The number of aromatic nitrogens is 1. The fourth-order valence-electron chi connectivity index (χ4n) is 5.76. The zero-order chi connectivity index (χ0) is 28.8. The molecule has 0 radical (unpaired) electrons. The van der Waals surface area contributed by atoms with Gasteiger partial charge in [-0.3, -0.25) is 19.1 Å². The molecule has 0 spiro atoms. The van der Waals surface area contributed by atoms with Crippen molar-refractivity contribution < 1.29 is 39.1 Å². The molecule has 2 aliphatic rings. The fourth-order valence-corrected chi connectivity index (χ4v) is 5.76. The van der Waals surface area contributed by atoms with E-state index >= 15 is 0 Å². The first kappa shape index (κ1) is 29.3. The van der Waals surface area contributed by atoms with Crippen LogP contribution in [0.2, 0.25) is 0 Å². The van der Waals surface area contributed by atoms with Gasteiger partial charge in [-0.1, -0.05) is 13.3 Å². The number of rotatable bonds is 14. The van der Waals surface area contributed by atoms with Crippen LogP contribution in [0.5, 0.6) is 29.0 Å². The number of ether oxygens (including phenoxy) is 3. The van der Waals surface area contributed by atoms with Crippen molar-refractivity contribution in [1.82, 2.24) is 14.4 Å². The van der Waals surface area contributed by atoms with Crippen molar-refractivity contribution in [1.29, 1.82) is 0 Å². The van der Waals surface area contributed by atoms with Crippen LogP contribution in [-0.4, -0.2) is 94.2 Å². The van der Waals surface area contributed by atoms with E-state index < -0.39 is 23.8 Å². The van der Waals surface area contributed by atoms with Gasteiger partial charge >= 0.3 is 5.97 Å². The molecule has 1 saturated heterocycles. The maximum absolute atomic E-state index is 13.5. The van der Waals surface area contributed by atoms with Gasteiger partial charge in [-0.05, 0) is 43.5 Å². The monoisotopic (exact) mass is 560 g/mol. The van der Waals surface area contributed by atoms with Crippen molar-refractivity contribution in [3.63, 3.8) is 0 Å². The lowest BCUT2D eigenvalue weighted by Gasteiger charge is -2.30. The Morgan fingerprint density at radius 1 is 1.15 bits per heavy atom. The van der Waals surface area contributed by atoms with Crippen LogP contribution in [0.25, 0.3) is 0 Å². The van der Waals surface area contributed by atoms with Crippen LogP contribution in [0.4, 0.5) is 0 Å². The number of carbonyl (C=O) groups excluding carboxylic acids is 1. The lowest BCUT2D eigenvalue weighted by atomic mass is 9.84. The van der Waals surface area contributed by atoms with Gasteiger partial charge in [-0.2, -0.15) is 0 Å². The zero-order valence-electron chi connectivity index (χ0n) is 23.1. The SMILES string of the molecule is CCCCN(CCCN)C(=O)CN1C[C@H](c2cc(OC)c3c(c2)OCO3)[C@@H](C(=O)O)[C@@H]1CCn1c(O)ccc1O. The van der Waals surface area contributed by atoms with Gasteiger partial charge in [0.25, 0.3) is 0 Å². The second kappa shape index (κ2) is 13.1. The standard InChI is InChI=1S/C28H40N4O8/c1-3-4-10-30(11-5-9-29)25(35)16-31-15-19(18-13-21(38-2)27-22(14-18)39-17-40-27)26(28(36)37)20(31)8-12-32-23(33)6-7-24(32)34/h6-7,13-14,19-20,26,33-34H,3-5,8-12,15-17,29H2,1-2H3,(H,36,37)/t19-,20+,26-/m1/s1. The van der Waals surface area contributed by atoms with Crippen LogP contribution in [0, 0.1) is 5.92 Å². The minimum Gasteiger partial charge on any atom is -0.494 e. The molecule has 0 aliphatic carbocycles. The molecule has 12 heteroatoms. The minimum atomic E-state index is -0.992. The predicted molar refractivity (Wildman–Crippen MR) is 146 cm³/mol. The summed E-state index contributed by atoms with van der Waals surface area (Å²) < 4.78 is 17.9. The van der Waals surface area contributed by atoms with Crippen molar-refractivity contribution in [3.05, 3.63) is 29.8 Å². The Labute approximate surface area is 233 Å². The van der Waals surface area contributed by atoms with Crippen LogP contribution in [0.15, 0.2) is 24.3 Å². The van der Waals surface area contributed by atoms with Crippen molar-refractivity contribution in [2.75, 3.05) is 46.6 Å². The van der Waals surface area contributed by atoms with Gasteiger partial charge in [-0.25, -0.2) is 0 Å². The molecule has 1 aromatic carbocycles. The Balaban J connectivity index is 1.65. The molecular weight excluding hydrogens is 520 g/mol. The summed E-state index contributed by atoms with van der Waals surface area (Å²) in [7, 11) is 1.51. The molecule has 2 aliphatic heterocycles. The van der Waals surface area contributed by atoms with Gasteiger partial charge in [0.2, 0.25) is 18.4 Å². The smallest absolute Gasteiger partial charge is 0.308 e. The number of carboxylic acids is 1. The summed E-state index contributed by atoms with van der Waals surface area (Å²) in [5, 5.41) is 30.8. The molecule has 3 atom stereocenters. The highest BCUT2D eigenvalue weighted by molar-refractivity contribution is 5.79. The van der Waals surface area contributed by atoms with Gasteiger partial charge in [0.15, 0.2) is 23.3 Å². The van der Waals surface area contributed by atoms with Crippen LogP contribution in [0.1, 0.15) is 44.1 Å². The summed E-state index contributed by atoms with van der Waals surface area (Å²) in [6.45, 7) is 4.29. The molecule has 1 amide bonds. The number of hydrogen-bond acceptors (Lipinski definition) is 9. The van der Waals surface area contributed by atoms with Crippen LogP contribution >= 0.6 is 0 Å². The number of methoxy groups -OCH3 is 1. The Morgan fingerprint density at radius 3 is 2.52 bits per heavy atom. The van der Waals surface area contributed by atoms with Crippen molar-refractivity contribution in [2.45, 2.75) is 51.1 Å². The number of carbonyl (C=O) groups is 2. The molecule has 0 unspecified atom stereocenters. The summed E-state index contributed by atoms with van der Waals surface area (Å²) in [6.07, 6.45) is 2.78. The van der Waals surface area contributed by atoms with E-state index in [0.717, 1.165) is 12.8 Å². The zero-order valence-corrected chi connectivity index (χ0v) is 23.1. The van der Waals surface area contributed by atoms with E-state index in [2.05, 4.69) is 6.92 Å². The third kappa shape index (κ3) is 6.23. The number of unbranched alkanes of at least 4 members (excludes halogenated alkanes) is 1. The van der Waals surface area contributed by atoms with Crippen LogP contribution in [-0.2, 0) is 16.1 Å². The molecule has 3 heterocycles. The highest BCUT2D eigenvalue weighted by Crippen LogP contribution is 2.47. The first-order valence-electron chi connectivity index (χ1n) is 13.8. The summed E-state index contributed by atoms with van der Waals surface area (Å²) in [5.41, 5.74) is 6.43. The summed E-state index contributed by atoms with van der Waals surface area (Å²) in [5.74, 6) is -1.23. The number of nitrogens with two attached hydrogens (primary N) is 1. The lowest BCUT2D eigenvalue weighted by Crippen LogP contribution is -2.45. The lowest BCUT2D eigenvalue weighted by molar-refractivity contribution is -0.144. The molecule has 2 aromatic rings. The van der Waals surface area contributed by atoms with Gasteiger partial charge < -0.3 is 40.2 Å². The Morgan fingerprint density at radius 2 is 1.88 bits per heavy atom. The maximum atomic E-state index is 13.5. The average molecular weight is 561 g/mol. The number of aromatic hydroxyl groups is 2. The number of likely N-dealkylation sites (tertiary alicyclic amines) is 1. The molecule has 220 valence electrons. The van der Waals surface area contributed by atoms with Crippen LogP contribution in [0.3, 0.4) is 0 Å². The molecule has 1 fully saturated rings. The molecular formula is C28H40N4O8. The molecule has 40 heavy (non-hydrogen) atoms. The van der Waals surface area contributed by atoms with E-state index in [1.54, 1.807) is 12.1 Å². The summed E-state index contributed by atoms with van der Waals surface area (Å²) >= 11 is 0. The van der Waals surface area contributed by atoms with E-state index in [0.29, 0.717) is 55.4 Å². The Hall–Kier alpha value is -3.64. The van der Waals surface area contributed by atoms with E-state index in [1.165, 1.54) is 23.8 Å². The number of carboxylic acid groups (broad SMARTS) is 1. The number of fused-ring (bicyclic) bond motifs is 1. The molecule has 0 bridgehead atoms. The predicted octanol–water partition coefficient (Wildman–Crippen LogP) is 2.17. The summed E-state index contributed by atoms with van der Waals surface area (Å²) in [4.78, 5) is 30.1. The minimum absolute atomic E-state index is 0.0462. The van der Waals surface area contributed by atoms with Crippen LogP contribution < -0.4 is 19.9 Å². The molecule has 0 saturated carbocycles. The third-order valence-corrected chi connectivity index (χ3v) is 7.83. The number of aliphatic carboxylic acids is 1. The highest BCUT2D eigenvalue weighted by Gasteiger charge is 2.47. The van der Waals surface area contributed by atoms with Gasteiger partial charge in [0.1, 0.15) is 0 Å². The van der Waals surface area contributed by atoms with Crippen molar-refractivity contribution >= 4 is 11.9 Å². The van der Waals surface area contributed by atoms with E-state index in [9.17, 15) is 24.9 Å². The Kier molecular flexibility index (Phi) is 9.64. The first-order chi connectivity index (χ1) is 19.3. The van der Waals surface area contributed by atoms with Gasteiger partial charge in [0, 0.05) is 50.3 Å². The van der Waals surface area contributed by atoms with E-state index in [4.69, 9.17) is 19.9 Å². The van der Waals surface area contributed by atoms with Crippen molar-refractivity contribution in [3.8, 4) is 29.0 Å². The first-order valence-corrected chi connectivity index (χ1v) is 13.8. The quantitative estimate of drug-likeness (QED) is 0.270. The third-order valence-electron chi connectivity index (χ3n) is 7.83.